The van der Waals surface area contributed by atoms with Gasteiger partial charge in [0.15, 0.2) is 0 Å². The van der Waals surface area contributed by atoms with Crippen molar-refractivity contribution >= 4 is 28.4 Å². The van der Waals surface area contributed by atoms with Crippen molar-refractivity contribution in [1.82, 2.24) is 14.8 Å². The Morgan fingerprint density at radius 3 is 2.68 bits per heavy atom. The zero-order chi connectivity index (χ0) is 21.8. The van der Waals surface area contributed by atoms with Gasteiger partial charge < -0.3 is 10.2 Å². The summed E-state index contributed by atoms with van der Waals surface area (Å²) in [6.45, 7) is 6.69. The SMILES string of the molecule is Cc1cccc(C(=O)N2CCCN(C(C)C(=O)Nc3cccc4ncccc34)CC2)c1. The lowest BCUT2D eigenvalue weighted by molar-refractivity contribution is -0.120. The third-order valence-electron chi connectivity index (χ3n) is 5.91. The number of carbonyl (C=O) groups is 2. The third-order valence-corrected chi connectivity index (χ3v) is 5.91. The summed E-state index contributed by atoms with van der Waals surface area (Å²) in [6, 6.07) is 17.0. The summed E-state index contributed by atoms with van der Waals surface area (Å²) >= 11 is 0. The predicted octanol–water partition coefficient (Wildman–Crippen LogP) is 3.72. The van der Waals surface area contributed by atoms with Crippen molar-refractivity contribution in [2.45, 2.75) is 26.3 Å². The summed E-state index contributed by atoms with van der Waals surface area (Å²) in [5.74, 6) is 0.0146. The van der Waals surface area contributed by atoms with Gasteiger partial charge in [0.05, 0.1) is 17.2 Å². The quantitative estimate of drug-likeness (QED) is 0.704. The van der Waals surface area contributed by atoms with E-state index in [0.717, 1.165) is 40.7 Å². The molecular weight excluding hydrogens is 388 g/mol. The maximum Gasteiger partial charge on any atom is 0.253 e. The van der Waals surface area contributed by atoms with Crippen LogP contribution in [0.5, 0.6) is 0 Å². The van der Waals surface area contributed by atoms with Crippen molar-refractivity contribution in [3.8, 4) is 0 Å². The van der Waals surface area contributed by atoms with E-state index in [4.69, 9.17) is 0 Å². The summed E-state index contributed by atoms with van der Waals surface area (Å²) < 4.78 is 0. The Labute approximate surface area is 182 Å². The molecule has 4 rings (SSSR count). The highest BCUT2D eigenvalue weighted by molar-refractivity contribution is 6.02. The van der Waals surface area contributed by atoms with Crippen LogP contribution in [0, 0.1) is 6.92 Å². The number of amides is 2. The Hall–Kier alpha value is -3.25. The number of nitrogens with zero attached hydrogens (tertiary/aromatic N) is 3. The average Bonchev–Trinajstić information content (AvgIpc) is 3.04. The van der Waals surface area contributed by atoms with Gasteiger partial charge in [-0.25, -0.2) is 0 Å². The number of rotatable bonds is 4. The molecule has 1 aliphatic rings. The van der Waals surface area contributed by atoms with Gasteiger partial charge in [-0.15, -0.1) is 0 Å². The number of fused-ring (bicyclic) bond motifs is 1. The van der Waals surface area contributed by atoms with Crippen LogP contribution in [0.25, 0.3) is 10.9 Å². The molecule has 0 radical (unpaired) electrons. The van der Waals surface area contributed by atoms with Crippen molar-refractivity contribution in [1.29, 1.82) is 0 Å². The van der Waals surface area contributed by atoms with E-state index in [0.29, 0.717) is 19.6 Å². The van der Waals surface area contributed by atoms with Crippen molar-refractivity contribution in [3.05, 3.63) is 71.9 Å². The van der Waals surface area contributed by atoms with Gasteiger partial charge in [-0.05, 0) is 56.7 Å². The van der Waals surface area contributed by atoms with E-state index in [2.05, 4.69) is 15.2 Å². The van der Waals surface area contributed by atoms with Crippen molar-refractivity contribution < 1.29 is 9.59 Å². The monoisotopic (exact) mass is 416 g/mol. The molecule has 1 aromatic heterocycles. The van der Waals surface area contributed by atoms with Crippen LogP contribution in [-0.4, -0.2) is 58.8 Å². The fraction of sp³-hybridized carbons (Fsp3) is 0.320. The van der Waals surface area contributed by atoms with E-state index in [-0.39, 0.29) is 17.9 Å². The fourth-order valence-electron chi connectivity index (χ4n) is 4.10. The number of hydrogen-bond acceptors (Lipinski definition) is 4. The van der Waals surface area contributed by atoms with Crippen LogP contribution >= 0.6 is 0 Å². The molecule has 160 valence electrons. The maximum atomic E-state index is 13.0. The molecule has 2 aromatic carbocycles. The second-order valence-electron chi connectivity index (χ2n) is 8.09. The van der Waals surface area contributed by atoms with Crippen molar-refractivity contribution in [2.24, 2.45) is 0 Å². The molecule has 1 saturated heterocycles. The van der Waals surface area contributed by atoms with Gasteiger partial charge in [0.1, 0.15) is 0 Å². The summed E-state index contributed by atoms with van der Waals surface area (Å²) in [4.78, 5) is 34.3. The highest BCUT2D eigenvalue weighted by Gasteiger charge is 2.26. The minimum atomic E-state index is -0.291. The Morgan fingerprint density at radius 2 is 1.84 bits per heavy atom. The highest BCUT2D eigenvalue weighted by atomic mass is 16.2. The largest absolute Gasteiger partial charge is 0.337 e. The van der Waals surface area contributed by atoms with Crippen LogP contribution in [0.2, 0.25) is 0 Å². The van der Waals surface area contributed by atoms with Crippen LogP contribution in [0.15, 0.2) is 60.8 Å². The third kappa shape index (κ3) is 4.75. The number of pyridine rings is 1. The molecule has 2 amide bonds. The van der Waals surface area contributed by atoms with E-state index < -0.39 is 0 Å². The topological polar surface area (TPSA) is 65.5 Å². The first kappa shape index (κ1) is 21.0. The van der Waals surface area contributed by atoms with Gasteiger partial charge in [-0.2, -0.15) is 0 Å². The second kappa shape index (κ2) is 9.27. The van der Waals surface area contributed by atoms with Crippen LogP contribution < -0.4 is 5.32 Å². The lowest BCUT2D eigenvalue weighted by atomic mass is 10.1. The van der Waals surface area contributed by atoms with Crippen LogP contribution in [-0.2, 0) is 4.79 Å². The smallest absolute Gasteiger partial charge is 0.253 e. The van der Waals surface area contributed by atoms with E-state index in [1.807, 2.05) is 73.3 Å². The molecule has 0 aliphatic carbocycles. The highest BCUT2D eigenvalue weighted by Crippen LogP contribution is 2.22. The first-order chi connectivity index (χ1) is 15.0. The Bertz CT molecular complexity index is 1090. The molecule has 0 spiro atoms. The van der Waals surface area contributed by atoms with Gasteiger partial charge in [0.25, 0.3) is 5.91 Å². The minimum absolute atomic E-state index is 0.0465. The molecule has 0 bridgehead atoms. The zero-order valence-electron chi connectivity index (χ0n) is 18.0. The molecule has 1 N–H and O–H groups in total. The van der Waals surface area contributed by atoms with Crippen LogP contribution in [0.1, 0.15) is 29.3 Å². The van der Waals surface area contributed by atoms with Gasteiger partial charge in [0, 0.05) is 43.3 Å². The van der Waals surface area contributed by atoms with Crippen LogP contribution in [0.4, 0.5) is 5.69 Å². The van der Waals surface area contributed by atoms with Crippen molar-refractivity contribution in [2.75, 3.05) is 31.5 Å². The molecule has 0 saturated carbocycles. The number of anilines is 1. The summed E-state index contributed by atoms with van der Waals surface area (Å²) in [7, 11) is 0. The van der Waals surface area contributed by atoms with Gasteiger partial charge in [-0.3, -0.25) is 19.5 Å². The van der Waals surface area contributed by atoms with Gasteiger partial charge in [0.2, 0.25) is 5.91 Å². The number of carbonyl (C=O) groups excluding carboxylic acids is 2. The Kier molecular flexibility index (Phi) is 6.28. The minimum Gasteiger partial charge on any atom is -0.337 e. The molecule has 1 fully saturated rings. The summed E-state index contributed by atoms with van der Waals surface area (Å²) in [5, 5.41) is 3.99. The summed E-state index contributed by atoms with van der Waals surface area (Å²) in [6.07, 6.45) is 2.59. The first-order valence-corrected chi connectivity index (χ1v) is 10.8. The second-order valence-corrected chi connectivity index (χ2v) is 8.09. The number of aromatic nitrogens is 1. The average molecular weight is 417 g/mol. The fourth-order valence-corrected chi connectivity index (χ4v) is 4.10. The van der Waals surface area contributed by atoms with Gasteiger partial charge >= 0.3 is 0 Å². The first-order valence-electron chi connectivity index (χ1n) is 10.8. The summed E-state index contributed by atoms with van der Waals surface area (Å²) in [5.41, 5.74) is 3.43. The van der Waals surface area contributed by atoms with E-state index >= 15 is 0 Å². The lowest BCUT2D eigenvalue weighted by Gasteiger charge is -2.27. The zero-order valence-corrected chi connectivity index (χ0v) is 18.0. The van der Waals surface area contributed by atoms with E-state index in [1.54, 1.807) is 6.20 Å². The molecule has 6 heteroatoms. The number of hydrogen-bond donors (Lipinski definition) is 1. The molecule has 1 aliphatic heterocycles. The van der Waals surface area contributed by atoms with Gasteiger partial charge in [-0.1, -0.05) is 23.8 Å². The lowest BCUT2D eigenvalue weighted by Crippen LogP contribution is -2.44. The van der Waals surface area contributed by atoms with E-state index in [1.165, 1.54) is 0 Å². The molecular formula is C25H28N4O2. The van der Waals surface area contributed by atoms with Crippen LogP contribution in [0.3, 0.4) is 0 Å². The Morgan fingerprint density at radius 1 is 1.00 bits per heavy atom. The molecule has 6 nitrogen and oxygen atoms in total. The Balaban J connectivity index is 1.40. The number of nitrogens with one attached hydrogen (secondary N) is 1. The number of benzene rings is 2. The van der Waals surface area contributed by atoms with E-state index in [9.17, 15) is 9.59 Å². The number of aryl methyl sites for hydroxylation is 1. The normalized spacial score (nSPS) is 16.0. The molecule has 2 heterocycles. The molecule has 3 aromatic rings. The molecule has 1 unspecified atom stereocenters. The molecule has 31 heavy (non-hydrogen) atoms. The van der Waals surface area contributed by atoms with Crippen molar-refractivity contribution in [3.63, 3.8) is 0 Å². The predicted molar refractivity (Wildman–Crippen MR) is 123 cm³/mol. The maximum absolute atomic E-state index is 13.0. The molecule has 1 atom stereocenters. The standard InChI is InChI=1S/C25H28N4O2/c1-18-7-3-8-20(17-18)25(31)29-14-6-13-28(15-16-29)19(2)24(30)27-23-11-4-10-22-21(23)9-5-12-26-22/h3-5,7-12,17,19H,6,13-16H2,1-2H3,(H,27,30).